The second-order valence-corrected chi connectivity index (χ2v) is 12.5. The van der Waals surface area contributed by atoms with Crippen molar-refractivity contribution in [3.63, 3.8) is 0 Å². The summed E-state index contributed by atoms with van der Waals surface area (Å²) in [5, 5.41) is 19.7. The summed E-state index contributed by atoms with van der Waals surface area (Å²) in [6.07, 6.45) is 2.10. The van der Waals surface area contributed by atoms with Crippen LogP contribution in [0.15, 0.2) is 60.7 Å². The van der Waals surface area contributed by atoms with Gasteiger partial charge in [-0.05, 0) is 102 Å². The number of H-pyrrole nitrogens is 1. The largest absolute Gasteiger partial charge is 0.494 e. The molecule has 0 unspecified atom stereocenters. The lowest BCUT2D eigenvalue weighted by atomic mass is 9.98. The first-order chi connectivity index (χ1) is 23.2. The van der Waals surface area contributed by atoms with E-state index in [4.69, 9.17) is 25.8 Å². The van der Waals surface area contributed by atoms with Crippen LogP contribution >= 0.6 is 11.6 Å². The number of esters is 1. The topological polar surface area (TPSA) is 102 Å². The first-order valence-corrected chi connectivity index (χ1v) is 16.8. The number of halogens is 1. The minimum Gasteiger partial charge on any atom is -0.494 e. The maximum absolute atomic E-state index is 13.8. The van der Waals surface area contributed by atoms with E-state index in [0.717, 1.165) is 68.2 Å². The predicted molar refractivity (Wildman–Crippen MR) is 190 cm³/mol. The molecule has 3 aromatic carbocycles. The van der Waals surface area contributed by atoms with Crippen LogP contribution in [0.1, 0.15) is 58.3 Å². The van der Waals surface area contributed by atoms with Crippen molar-refractivity contribution in [2.75, 3.05) is 33.9 Å². The van der Waals surface area contributed by atoms with Crippen LogP contribution in [0.3, 0.4) is 0 Å². The zero-order chi connectivity index (χ0) is 34.2. The minimum absolute atomic E-state index is 0.201. The number of hydrogen-bond acceptors (Lipinski definition) is 7. The quantitative estimate of drug-likeness (QED) is 0.0826. The molecule has 0 spiro atoms. The maximum atomic E-state index is 13.8. The summed E-state index contributed by atoms with van der Waals surface area (Å²) in [7, 11) is 4.08. The van der Waals surface area contributed by atoms with Gasteiger partial charge in [0.15, 0.2) is 0 Å². The Bertz CT molecular complexity index is 1820. The van der Waals surface area contributed by atoms with Crippen molar-refractivity contribution in [1.29, 1.82) is 0 Å². The number of benzene rings is 3. The third-order valence-electron chi connectivity index (χ3n) is 8.35. The molecule has 0 saturated heterocycles. The third kappa shape index (κ3) is 7.86. The van der Waals surface area contributed by atoms with Gasteiger partial charge in [-0.2, -0.15) is 5.10 Å². The van der Waals surface area contributed by atoms with Crippen LogP contribution in [-0.2, 0) is 30.9 Å². The van der Waals surface area contributed by atoms with Crippen molar-refractivity contribution in [1.82, 2.24) is 19.7 Å². The summed E-state index contributed by atoms with van der Waals surface area (Å²) in [5.74, 6) is 1.14. The van der Waals surface area contributed by atoms with E-state index in [-0.39, 0.29) is 25.8 Å². The van der Waals surface area contributed by atoms with Crippen LogP contribution < -0.4 is 9.47 Å². The van der Waals surface area contributed by atoms with Crippen LogP contribution in [0.4, 0.5) is 0 Å². The van der Waals surface area contributed by atoms with Gasteiger partial charge in [-0.3, -0.25) is 5.10 Å². The number of aliphatic hydroxyl groups is 1. The van der Waals surface area contributed by atoms with E-state index in [1.807, 2.05) is 89.5 Å². The molecule has 5 aromatic rings. The molecule has 0 radical (unpaired) electrons. The Labute approximate surface area is 287 Å². The second-order valence-electron chi connectivity index (χ2n) is 12.2. The molecule has 9 nitrogen and oxygen atoms in total. The lowest BCUT2D eigenvalue weighted by Crippen LogP contribution is -2.18. The van der Waals surface area contributed by atoms with Gasteiger partial charge in [0.1, 0.15) is 29.5 Å². The van der Waals surface area contributed by atoms with Crippen LogP contribution in [0.5, 0.6) is 11.5 Å². The molecule has 48 heavy (non-hydrogen) atoms. The molecule has 0 fully saturated rings. The average Bonchev–Trinajstić information content (AvgIpc) is 3.63. The number of nitrogens with zero attached hydrogens (tertiary/aromatic N) is 3. The summed E-state index contributed by atoms with van der Waals surface area (Å²) >= 11 is 6.37. The molecule has 2 N–H and O–H groups in total. The third-order valence-corrected chi connectivity index (χ3v) is 8.95. The molecule has 0 amide bonds. The van der Waals surface area contributed by atoms with Crippen molar-refractivity contribution in [2.24, 2.45) is 0 Å². The number of fused-ring (bicyclic) bond motifs is 1. The van der Waals surface area contributed by atoms with Gasteiger partial charge in [-0.15, -0.1) is 0 Å². The Kier molecular flexibility index (Phi) is 11.8. The Morgan fingerprint density at radius 1 is 1.00 bits per heavy atom. The van der Waals surface area contributed by atoms with Crippen molar-refractivity contribution in [3.05, 3.63) is 99.5 Å². The first kappa shape index (κ1) is 35.0. The highest BCUT2D eigenvalue weighted by atomic mass is 35.5. The molecule has 10 heteroatoms. The molecule has 0 bridgehead atoms. The summed E-state index contributed by atoms with van der Waals surface area (Å²) in [5.41, 5.74) is 7.18. The van der Waals surface area contributed by atoms with Crippen LogP contribution in [0.25, 0.3) is 22.0 Å². The number of para-hydroxylation sites is 2. The first-order valence-electron chi connectivity index (χ1n) is 16.4. The van der Waals surface area contributed by atoms with Gasteiger partial charge in [0, 0.05) is 28.1 Å². The number of aryl methyl sites for hydroxylation is 4. The van der Waals surface area contributed by atoms with Crippen LogP contribution in [-0.4, -0.2) is 64.6 Å². The molecule has 0 saturated carbocycles. The molecule has 2 heterocycles. The fraction of sp³-hybridized carbons (Fsp3) is 0.368. The Morgan fingerprint density at radius 3 is 2.44 bits per heavy atom. The van der Waals surface area contributed by atoms with E-state index in [0.29, 0.717) is 43.1 Å². The Hall–Kier alpha value is -4.31. The van der Waals surface area contributed by atoms with Crippen molar-refractivity contribution >= 4 is 28.5 Å². The minimum atomic E-state index is -0.355. The molecular weight excluding hydrogens is 628 g/mol. The van der Waals surface area contributed by atoms with Crippen LogP contribution in [0.2, 0.25) is 5.02 Å². The molecule has 0 atom stereocenters. The molecule has 254 valence electrons. The molecule has 0 aliphatic heterocycles. The van der Waals surface area contributed by atoms with E-state index in [9.17, 15) is 9.90 Å². The van der Waals surface area contributed by atoms with Crippen molar-refractivity contribution in [3.8, 4) is 22.6 Å². The molecule has 0 aliphatic rings. The standard InChI is InChI=1S/C38H45ClN4O5/c1-6-46-38(45)37-30(17-11-20-47-28-21-25(2)35(39)26(3)22-28)29-15-10-16-31(36(29)43(37)19-12-18-42(4)5)34-32(23-44)40-41-33(34)24-48-27-13-8-7-9-14-27/h7-10,13-16,21-22,44H,6,11-12,17-20,23-24H2,1-5H3,(H,40,41). The van der Waals surface area contributed by atoms with Gasteiger partial charge in [-0.25, -0.2) is 4.79 Å². The smallest absolute Gasteiger partial charge is 0.355 e. The number of carbonyl (C=O) groups is 1. The van der Waals surface area contributed by atoms with E-state index in [1.165, 1.54) is 0 Å². The maximum Gasteiger partial charge on any atom is 0.355 e. The number of nitrogens with one attached hydrogen (secondary N) is 1. The second kappa shape index (κ2) is 16.2. The number of hydrogen-bond donors (Lipinski definition) is 2. The summed E-state index contributed by atoms with van der Waals surface area (Å²) in [4.78, 5) is 15.9. The fourth-order valence-corrected chi connectivity index (χ4v) is 6.30. The van der Waals surface area contributed by atoms with Gasteiger partial charge >= 0.3 is 5.97 Å². The van der Waals surface area contributed by atoms with Gasteiger partial charge in [0.2, 0.25) is 0 Å². The van der Waals surface area contributed by atoms with Crippen LogP contribution in [0, 0.1) is 13.8 Å². The summed E-state index contributed by atoms with van der Waals surface area (Å²) in [6, 6.07) is 19.5. The average molecular weight is 673 g/mol. The van der Waals surface area contributed by atoms with Gasteiger partial charge in [-0.1, -0.05) is 48.0 Å². The summed E-state index contributed by atoms with van der Waals surface area (Å²) in [6.45, 7) is 7.90. The predicted octanol–water partition coefficient (Wildman–Crippen LogP) is 7.51. The number of aliphatic hydroxyl groups excluding tert-OH is 1. The highest BCUT2D eigenvalue weighted by Gasteiger charge is 2.27. The van der Waals surface area contributed by atoms with Crippen molar-refractivity contribution < 1.29 is 24.1 Å². The Morgan fingerprint density at radius 2 is 1.75 bits per heavy atom. The highest BCUT2D eigenvalue weighted by Crippen LogP contribution is 2.38. The summed E-state index contributed by atoms with van der Waals surface area (Å²) < 4.78 is 20.0. The van der Waals surface area contributed by atoms with Gasteiger partial charge in [0.05, 0.1) is 31.0 Å². The zero-order valence-electron chi connectivity index (χ0n) is 28.4. The van der Waals surface area contributed by atoms with Crippen molar-refractivity contribution in [2.45, 2.75) is 59.8 Å². The van der Waals surface area contributed by atoms with E-state index in [2.05, 4.69) is 25.7 Å². The van der Waals surface area contributed by atoms with E-state index >= 15 is 0 Å². The number of rotatable bonds is 16. The normalized spacial score (nSPS) is 11.4. The molecule has 2 aromatic heterocycles. The number of carbonyl (C=O) groups excluding carboxylic acids is 1. The SMILES string of the molecule is CCOC(=O)c1c(CCCOc2cc(C)c(Cl)c(C)c2)c2cccc(-c3c(COc4ccccc4)n[nH]c3CO)c2n1CCCN(C)C. The number of aromatic amines is 1. The molecular formula is C38H45ClN4O5. The van der Waals surface area contributed by atoms with Gasteiger partial charge in [0.25, 0.3) is 0 Å². The van der Waals surface area contributed by atoms with E-state index < -0.39 is 0 Å². The van der Waals surface area contributed by atoms with E-state index in [1.54, 1.807) is 0 Å². The lowest BCUT2D eigenvalue weighted by molar-refractivity contribution is 0.0512. The molecule has 5 rings (SSSR count). The highest BCUT2D eigenvalue weighted by molar-refractivity contribution is 6.32. The monoisotopic (exact) mass is 672 g/mol. The lowest BCUT2D eigenvalue weighted by Gasteiger charge is -2.16. The van der Waals surface area contributed by atoms with Gasteiger partial charge < -0.3 is 28.8 Å². The zero-order valence-corrected chi connectivity index (χ0v) is 29.2. The fourth-order valence-electron chi connectivity index (χ4n) is 6.19. The Balaban J connectivity index is 1.58. The number of aromatic nitrogens is 3. The number of ether oxygens (including phenoxy) is 3. The molecule has 0 aliphatic carbocycles.